The fourth-order valence-electron chi connectivity index (χ4n) is 3.68. The molecular formula is C22H26F2N6O3S. The van der Waals surface area contributed by atoms with Crippen LogP contribution < -0.4 is 4.31 Å². The first-order valence-electron chi connectivity index (χ1n) is 10.8. The molecule has 182 valence electrons. The van der Waals surface area contributed by atoms with Gasteiger partial charge in [-0.1, -0.05) is 12.1 Å². The van der Waals surface area contributed by atoms with E-state index in [2.05, 4.69) is 20.1 Å². The molecule has 12 heteroatoms. The monoisotopic (exact) mass is 492 g/mol. The van der Waals surface area contributed by atoms with Crippen LogP contribution in [0.25, 0.3) is 11.5 Å². The lowest BCUT2D eigenvalue weighted by molar-refractivity contribution is 0.116. The second-order valence-electron chi connectivity index (χ2n) is 8.33. The molecule has 1 saturated heterocycles. The van der Waals surface area contributed by atoms with Crippen molar-refractivity contribution in [2.45, 2.75) is 32.9 Å². The lowest BCUT2D eigenvalue weighted by Gasteiger charge is -2.39. The lowest BCUT2D eigenvalue weighted by Crippen LogP contribution is -2.55. The molecule has 0 spiro atoms. The van der Waals surface area contributed by atoms with Crippen molar-refractivity contribution in [2.24, 2.45) is 0 Å². The molecule has 1 aliphatic rings. The third kappa shape index (κ3) is 5.08. The van der Waals surface area contributed by atoms with E-state index in [-0.39, 0.29) is 18.5 Å². The molecule has 2 aromatic heterocycles. The molecule has 1 aromatic carbocycles. The molecule has 34 heavy (non-hydrogen) atoms. The zero-order chi connectivity index (χ0) is 24.5. The van der Waals surface area contributed by atoms with Gasteiger partial charge in [0.15, 0.2) is 0 Å². The predicted molar refractivity (Wildman–Crippen MR) is 122 cm³/mol. The number of pyridine rings is 1. The van der Waals surface area contributed by atoms with Gasteiger partial charge in [0.25, 0.3) is 5.89 Å². The molecule has 4 rings (SSSR count). The van der Waals surface area contributed by atoms with Crippen LogP contribution in [0.15, 0.2) is 47.0 Å². The molecule has 3 aromatic rings. The average molecular weight is 493 g/mol. The number of nitrogens with zero attached hydrogens (tertiary/aromatic N) is 6. The summed E-state index contributed by atoms with van der Waals surface area (Å²) >= 11 is 0. The minimum absolute atomic E-state index is 0.00109. The molecule has 1 fully saturated rings. The van der Waals surface area contributed by atoms with Crippen LogP contribution in [0.3, 0.4) is 0 Å². The molecule has 1 atom stereocenters. The van der Waals surface area contributed by atoms with Crippen LogP contribution in [-0.2, 0) is 16.8 Å². The maximum absolute atomic E-state index is 13.7. The minimum Gasteiger partial charge on any atom is -0.415 e. The Morgan fingerprint density at radius 3 is 2.62 bits per heavy atom. The predicted octanol–water partition coefficient (Wildman–Crippen LogP) is 3.26. The van der Waals surface area contributed by atoms with Gasteiger partial charge < -0.3 is 9.32 Å². The second-order valence-corrected chi connectivity index (χ2v) is 10.2. The van der Waals surface area contributed by atoms with E-state index in [1.54, 1.807) is 18.2 Å². The van der Waals surface area contributed by atoms with Gasteiger partial charge in [-0.15, -0.1) is 10.2 Å². The summed E-state index contributed by atoms with van der Waals surface area (Å²) < 4.78 is 60.7. The number of rotatable bonds is 7. The molecule has 1 aliphatic heterocycles. The fourth-order valence-corrected chi connectivity index (χ4v) is 5.35. The van der Waals surface area contributed by atoms with Crippen LogP contribution in [0.4, 0.5) is 14.5 Å². The summed E-state index contributed by atoms with van der Waals surface area (Å²) in [5.41, 5.74) is 2.31. The SMILES string of the molecule is Cc1cccc(N(Cc2ccc(-c3nnc(C(F)F)o3)cn2)S(=O)(=O)N2CCN(C)[C@@H](C)C2)c1. The quantitative estimate of drug-likeness (QED) is 0.500. The standard InChI is InChI=1S/C22H26F2N6O3S/c1-15-5-4-6-19(11-15)30(34(31,32)29-10-9-28(3)16(2)13-29)14-18-8-7-17(12-25-18)21-26-27-22(33-21)20(23)24/h4-8,11-12,16,20H,9-10,13-14H2,1-3H3/t16-/m0/s1. The van der Waals surface area contributed by atoms with E-state index in [0.717, 1.165) is 5.56 Å². The first-order valence-corrected chi connectivity index (χ1v) is 12.2. The van der Waals surface area contributed by atoms with Crippen molar-refractivity contribution in [3.05, 3.63) is 59.7 Å². The van der Waals surface area contributed by atoms with E-state index < -0.39 is 22.5 Å². The number of piperazine rings is 1. The fraction of sp³-hybridized carbons (Fsp3) is 0.409. The van der Waals surface area contributed by atoms with Gasteiger partial charge >= 0.3 is 16.6 Å². The largest absolute Gasteiger partial charge is 0.415 e. The Hall–Kier alpha value is -2.96. The number of anilines is 1. The maximum atomic E-state index is 13.7. The highest BCUT2D eigenvalue weighted by Gasteiger charge is 2.35. The summed E-state index contributed by atoms with van der Waals surface area (Å²) in [5, 5.41) is 6.93. The summed E-state index contributed by atoms with van der Waals surface area (Å²) in [7, 11) is -1.86. The van der Waals surface area contributed by atoms with Gasteiger partial charge in [-0.05, 0) is 50.7 Å². The van der Waals surface area contributed by atoms with Gasteiger partial charge in [-0.25, -0.2) is 0 Å². The third-order valence-corrected chi connectivity index (χ3v) is 7.70. The van der Waals surface area contributed by atoms with Crippen molar-refractivity contribution in [3.63, 3.8) is 0 Å². The van der Waals surface area contributed by atoms with Crippen molar-refractivity contribution in [2.75, 3.05) is 31.0 Å². The molecule has 0 amide bonds. The van der Waals surface area contributed by atoms with Crippen molar-refractivity contribution >= 4 is 15.9 Å². The molecule has 0 N–H and O–H groups in total. The Labute approximate surface area is 197 Å². The first-order chi connectivity index (χ1) is 16.1. The van der Waals surface area contributed by atoms with Gasteiger partial charge in [0.05, 0.1) is 23.5 Å². The summed E-state index contributed by atoms with van der Waals surface area (Å²) in [4.78, 5) is 6.46. The van der Waals surface area contributed by atoms with Crippen molar-refractivity contribution < 1.29 is 21.6 Å². The number of halogens is 2. The normalized spacial score (nSPS) is 17.9. The molecule has 0 unspecified atom stereocenters. The van der Waals surface area contributed by atoms with Crippen molar-refractivity contribution in [1.29, 1.82) is 0 Å². The summed E-state index contributed by atoms with van der Waals surface area (Å²) in [6.45, 7) is 5.31. The Morgan fingerprint density at radius 2 is 2.00 bits per heavy atom. The highest BCUT2D eigenvalue weighted by atomic mass is 32.2. The van der Waals surface area contributed by atoms with Gasteiger partial charge in [0.1, 0.15) is 0 Å². The van der Waals surface area contributed by atoms with E-state index >= 15 is 0 Å². The van der Waals surface area contributed by atoms with Crippen LogP contribution in [0.2, 0.25) is 0 Å². The highest BCUT2D eigenvalue weighted by molar-refractivity contribution is 7.90. The van der Waals surface area contributed by atoms with E-state index in [4.69, 9.17) is 4.42 Å². The summed E-state index contributed by atoms with van der Waals surface area (Å²) in [5.74, 6) is -0.846. The molecule has 0 bridgehead atoms. The van der Waals surface area contributed by atoms with E-state index in [1.165, 1.54) is 14.8 Å². The minimum atomic E-state index is -3.84. The van der Waals surface area contributed by atoms with Gasteiger partial charge in [-0.3, -0.25) is 9.29 Å². The van der Waals surface area contributed by atoms with Gasteiger partial charge in [0, 0.05) is 31.9 Å². The molecular weight excluding hydrogens is 466 g/mol. The second kappa shape index (κ2) is 9.72. The van der Waals surface area contributed by atoms with E-state index in [9.17, 15) is 17.2 Å². The molecule has 0 aliphatic carbocycles. The van der Waals surface area contributed by atoms with Gasteiger partial charge in [0.2, 0.25) is 5.89 Å². The Bertz CT molecular complexity index is 1240. The van der Waals surface area contributed by atoms with Crippen LogP contribution in [-0.4, -0.2) is 65.5 Å². The summed E-state index contributed by atoms with van der Waals surface area (Å²) in [6.07, 6.45) is -1.46. The number of likely N-dealkylation sites (N-methyl/N-ethyl adjacent to an activating group) is 1. The topological polar surface area (TPSA) is 95.7 Å². The van der Waals surface area contributed by atoms with Crippen LogP contribution >= 0.6 is 0 Å². The van der Waals surface area contributed by atoms with Gasteiger partial charge in [-0.2, -0.15) is 21.5 Å². The molecule has 0 saturated carbocycles. The number of alkyl halides is 2. The van der Waals surface area contributed by atoms with Crippen LogP contribution in [0.1, 0.15) is 30.5 Å². The summed E-state index contributed by atoms with van der Waals surface area (Å²) in [6, 6.07) is 10.6. The van der Waals surface area contributed by atoms with Crippen molar-refractivity contribution in [3.8, 4) is 11.5 Å². The molecule has 0 radical (unpaired) electrons. The number of aryl methyl sites for hydroxylation is 1. The zero-order valence-electron chi connectivity index (χ0n) is 19.1. The van der Waals surface area contributed by atoms with E-state index in [1.807, 2.05) is 39.1 Å². The Morgan fingerprint density at radius 1 is 1.21 bits per heavy atom. The maximum Gasteiger partial charge on any atom is 0.314 e. The zero-order valence-corrected chi connectivity index (χ0v) is 19.9. The Balaban J connectivity index is 1.62. The Kier molecular flexibility index (Phi) is 6.91. The number of aromatic nitrogens is 3. The third-order valence-electron chi connectivity index (χ3n) is 5.82. The van der Waals surface area contributed by atoms with Crippen LogP contribution in [0.5, 0.6) is 0 Å². The number of hydrogen-bond donors (Lipinski definition) is 0. The highest BCUT2D eigenvalue weighted by Crippen LogP contribution is 2.27. The molecule has 3 heterocycles. The van der Waals surface area contributed by atoms with E-state index in [0.29, 0.717) is 36.6 Å². The first kappa shape index (κ1) is 24.2. The smallest absolute Gasteiger partial charge is 0.314 e. The molecule has 9 nitrogen and oxygen atoms in total. The lowest BCUT2D eigenvalue weighted by atomic mass is 10.2. The number of hydrogen-bond acceptors (Lipinski definition) is 7. The van der Waals surface area contributed by atoms with Crippen molar-refractivity contribution in [1.82, 2.24) is 24.4 Å². The average Bonchev–Trinajstić information content (AvgIpc) is 3.30. The van der Waals surface area contributed by atoms with Crippen LogP contribution in [0, 0.1) is 6.92 Å². The number of benzene rings is 1.